The van der Waals surface area contributed by atoms with Gasteiger partial charge in [0, 0.05) is 16.6 Å². The maximum absolute atomic E-state index is 12.4. The van der Waals surface area contributed by atoms with Crippen molar-refractivity contribution in [1.82, 2.24) is 9.88 Å². The van der Waals surface area contributed by atoms with Crippen molar-refractivity contribution in [2.24, 2.45) is 0 Å². The maximum atomic E-state index is 12.4. The van der Waals surface area contributed by atoms with Gasteiger partial charge in [0.25, 0.3) is 11.8 Å². The minimum atomic E-state index is -0.506. The van der Waals surface area contributed by atoms with E-state index in [1.807, 2.05) is 6.07 Å². The lowest BCUT2D eigenvalue weighted by molar-refractivity contribution is -0.116. The number of hydrogen-bond donors (Lipinski definition) is 1. The predicted molar refractivity (Wildman–Crippen MR) is 97.2 cm³/mol. The molecule has 6 nitrogen and oxygen atoms in total. The fourth-order valence-corrected chi connectivity index (χ4v) is 3.19. The van der Waals surface area contributed by atoms with E-state index in [1.165, 1.54) is 0 Å². The number of rotatable bonds is 3. The third kappa shape index (κ3) is 2.70. The second-order valence-electron chi connectivity index (χ2n) is 5.82. The molecule has 26 heavy (non-hydrogen) atoms. The molecule has 0 unspecified atom stereocenters. The van der Waals surface area contributed by atoms with Gasteiger partial charge in [-0.25, -0.2) is 0 Å². The third-order valence-electron chi connectivity index (χ3n) is 4.12. The summed E-state index contributed by atoms with van der Waals surface area (Å²) in [4.78, 5) is 42.3. The Bertz CT molecular complexity index is 1050. The molecule has 0 spiro atoms. The van der Waals surface area contributed by atoms with Crippen molar-refractivity contribution < 1.29 is 14.4 Å². The molecule has 1 N–H and O–H groups in total. The van der Waals surface area contributed by atoms with E-state index in [2.05, 4.69) is 10.3 Å². The topological polar surface area (TPSA) is 79.4 Å². The van der Waals surface area contributed by atoms with Crippen molar-refractivity contribution in [3.8, 4) is 0 Å². The number of pyridine rings is 1. The molecule has 0 saturated carbocycles. The molecule has 1 aliphatic heterocycles. The Hall–Kier alpha value is -3.25. The lowest BCUT2D eigenvalue weighted by atomic mass is 10.1. The highest BCUT2D eigenvalue weighted by atomic mass is 35.5. The number of imide groups is 1. The fraction of sp³-hybridized carbons (Fsp3) is 0.0526. The zero-order chi connectivity index (χ0) is 18.3. The molecule has 0 radical (unpaired) electrons. The summed E-state index contributed by atoms with van der Waals surface area (Å²) in [6.45, 7) is -0.382. The van der Waals surface area contributed by atoms with Crippen LogP contribution in [0.4, 0.5) is 5.69 Å². The Morgan fingerprint density at radius 1 is 1.04 bits per heavy atom. The van der Waals surface area contributed by atoms with E-state index in [4.69, 9.17) is 11.6 Å². The fourth-order valence-electron chi connectivity index (χ4n) is 2.97. The van der Waals surface area contributed by atoms with Crippen molar-refractivity contribution >= 4 is 45.9 Å². The van der Waals surface area contributed by atoms with Crippen LogP contribution >= 0.6 is 11.6 Å². The van der Waals surface area contributed by atoms with Crippen LogP contribution in [0.15, 0.2) is 54.7 Å². The van der Waals surface area contributed by atoms with Crippen LogP contribution in [0.2, 0.25) is 5.02 Å². The van der Waals surface area contributed by atoms with Gasteiger partial charge in [0.15, 0.2) is 0 Å². The molecule has 3 aromatic rings. The number of anilines is 1. The first-order chi connectivity index (χ1) is 12.5. The van der Waals surface area contributed by atoms with Crippen molar-refractivity contribution in [2.45, 2.75) is 0 Å². The summed E-state index contributed by atoms with van der Waals surface area (Å²) < 4.78 is 0. The van der Waals surface area contributed by atoms with Gasteiger partial charge in [-0.05, 0) is 30.3 Å². The van der Waals surface area contributed by atoms with E-state index in [1.54, 1.807) is 48.7 Å². The molecule has 2 aromatic carbocycles. The van der Waals surface area contributed by atoms with E-state index >= 15 is 0 Å². The van der Waals surface area contributed by atoms with Gasteiger partial charge < -0.3 is 5.32 Å². The van der Waals surface area contributed by atoms with E-state index in [9.17, 15) is 14.4 Å². The van der Waals surface area contributed by atoms with E-state index in [0.29, 0.717) is 27.4 Å². The van der Waals surface area contributed by atoms with Crippen LogP contribution in [-0.2, 0) is 4.79 Å². The molecule has 128 valence electrons. The van der Waals surface area contributed by atoms with E-state index in [-0.39, 0.29) is 6.54 Å². The Morgan fingerprint density at radius 3 is 2.42 bits per heavy atom. The van der Waals surface area contributed by atoms with Gasteiger partial charge in [0.2, 0.25) is 5.91 Å². The van der Waals surface area contributed by atoms with Gasteiger partial charge in [-0.3, -0.25) is 24.3 Å². The number of hydrogen-bond acceptors (Lipinski definition) is 4. The lowest BCUT2D eigenvalue weighted by Crippen LogP contribution is -2.37. The Labute approximate surface area is 153 Å². The lowest BCUT2D eigenvalue weighted by Gasteiger charge is -2.14. The minimum Gasteiger partial charge on any atom is -0.323 e. The number of fused-ring (bicyclic) bond motifs is 2. The number of halogens is 1. The Kier molecular flexibility index (Phi) is 3.89. The van der Waals surface area contributed by atoms with Crippen LogP contribution in [0.25, 0.3) is 10.9 Å². The number of carbonyl (C=O) groups is 3. The van der Waals surface area contributed by atoms with Crippen molar-refractivity contribution in [1.29, 1.82) is 0 Å². The van der Waals surface area contributed by atoms with Gasteiger partial charge in [-0.2, -0.15) is 0 Å². The minimum absolute atomic E-state index is 0.306. The first-order valence-electron chi connectivity index (χ1n) is 7.84. The molecule has 2 heterocycles. The van der Waals surface area contributed by atoms with Crippen LogP contribution in [0.3, 0.4) is 0 Å². The monoisotopic (exact) mass is 365 g/mol. The van der Waals surface area contributed by atoms with Gasteiger partial charge >= 0.3 is 0 Å². The molecular formula is C19H12ClN3O3. The zero-order valence-electron chi connectivity index (χ0n) is 13.4. The summed E-state index contributed by atoms with van der Waals surface area (Å²) in [7, 11) is 0. The SMILES string of the molecule is O=C(CN1C(=O)c2ccccc2C1=O)Nc1cc(Cl)cc2cccnc12. The summed E-state index contributed by atoms with van der Waals surface area (Å²) in [5.74, 6) is -1.46. The van der Waals surface area contributed by atoms with Gasteiger partial charge in [0.1, 0.15) is 6.54 Å². The second-order valence-corrected chi connectivity index (χ2v) is 6.26. The van der Waals surface area contributed by atoms with Crippen molar-refractivity contribution in [2.75, 3.05) is 11.9 Å². The summed E-state index contributed by atoms with van der Waals surface area (Å²) in [6, 6.07) is 13.4. The normalized spacial score (nSPS) is 13.2. The summed E-state index contributed by atoms with van der Waals surface area (Å²) >= 11 is 6.09. The number of nitrogens with one attached hydrogen (secondary N) is 1. The van der Waals surface area contributed by atoms with Crippen LogP contribution < -0.4 is 5.32 Å². The molecule has 0 bridgehead atoms. The highest BCUT2D eigenvalue weighted by Crippen LogP contribution is 2.27. The number of benzene rings is 2. The molecule has 0 saturated heterocycles. The summed E-state index contributed by atoms with van der Waals surface area (Å²) in [5.41, 5.74) is 1.61. The number of aromatic nitrogens is 1. The van der Waals surface area contributed by atoms with E-state index in [0.717, 1.165) is 10.3 Å². The molecule has 7 heteroatoms. The van der Waals surface area contributed by atoms with Crippen molar-refractivity contribution in [3.63, 3.8) is 0 Å². The third-order valence-corrected chi connectivity index (χ3v) is 4.34. The van der Waals surface area contributed by atoms with Crippen LogP contribution in [0.1, 0.15) is 20.7 Å². The number of carbonyl (C=O) groups excluding carboxylic acids is 3. The zero-order valence-corrected chi connectivity index (χ0v) is 14.2. The second kappa shape index (κ2) is 6.24. The highest BCUT2D eigenvalue weighted by molar-refractivity contribution is 6.32. The molecule has 0 atom stereocenters. The highest BCUT2D eigenvalue weighted by Gasteiger charge is 2.36. The summed E-state index contributed by atoms with van der Waals surface area (Å²) in [5, 5.41) is 3.91. The quantitative estimate of drug-likeness (QED) is 0.723. The van der Waals surface area contributed by atoms with Crippen LogP contribution in [0, 0.1) is 0 Å². The predicted octanol–water partition coefficient (Wildman–Crippen LogP) is 3.12. The maximum Gasteiger partial charge on any atom is 0.262 e. The molecule has 1 aliphatic rings. The average Bonchev–Trinajstić information content (AvgIpc) is 2.87. The average molecular weight is 366 g/mol. The van der Waals surface area contributed by atoms with Gasteiger partial charge in [-0.1, -0.05) is 29.8 Å². The Morgan fingerprint density at radius 2 is 1.73 bits per heavy atom. The molecule has 0 fully saturated rings. The molecule has 1 aromatic heterocycles. The molecular weight excluding hydrogens is 354 g/mol. The van der Waals surface area contributed by atoms with Gasteiger partial charge in [-0.15, -0.1) is 0 Å². The standard InChI is InChI=1S/C19H12ClN3O3/c20-12-8-11-4-3-7-21-17(11)15(9-12)22-16(24)10-23-18(25)13-5-1-2-6-14(13)19(23)26/h1-9H,10H2,(H,22,24). The van der Waals surface area contributed by atoms with Gasteiger partial charge in [0.05, 0.1) is 22.3 Å². The first kappa shape index (κ1) is 16.2. The van der Waals surface area contributed by atoms with E-state index < -0.39 is 17.7 Å². The van der Waals surface area contributed by atoms with Crippen LogP contribution in [0.5, 0.6) is 0 Å². The molecule has 0 aliphatic carbocycles. The number of amides is 3. The largest absolute Gasteiger partial charge is 0.323 e. The molecule has 3 amide bonds. The number of nitrogens with zero attached hydrogens (tertiary/aromatic N) is 2. The van der Waals surface area contributed by atoms with Crippen LogP contribution in [-0.4, -0.2) is 34.2 Å². The first-order valence-corrected chi connectivity index (χ1v) is 8.22. The summed E-state index contributed by atoms with van der Waals surface area (Å²) in [6.07, 6.45) is 1.61. The van der Waals surface area contributed by atoms with Crippen molar-refractivity contribution in [3.05, 3.63) is 70.9 Å². The smallest absolute Gasteiger partial charge is 0.262 e. The molecule has 4 rings (SSSR count). The Balaban J connectivity index is 1.58.